The van der Waals surface area contributed by atoms with Crippen molar-refractivity contribution in [1.82, 2.24) is 0 Å². The maximum Gasteiger partial charge on any atom is 0.281 e. The van der Waals surface area contributed by atoms with E-state index < -0.39 is 17.2 Å². The minimum absolute atomic E-state index is 0.0338. The zero-order chi connectivity index (χ0) is 14.0. The number of aliphatic imine (C=N–C) groups is 1. The number of hydrogen-bond donors (Lipinski definition) is 1. The second kappa shape index (κ2) is 5.69. The number of nitrogens with zero attached hydrogens (tertiary/aromatic N) is 2. The first kappa shape index (κ1) is 14.0. The number of hydrogen-bond acceptors (Lipinski definition) is 4. The summed E-state index contributed by atoms with van der Waals surface area (Å²) in [5.41, 5.74) is 0.343. The zero-order valence-electron chi connectivity index (χ0n) is 9.72. The summed E-state index contributed by atoms with van der Waals surface area (Å²) in [4.78, 5) is 28.9. The molecule has 1 heterocycles. The second-order valence-corrected chi connectivity index (χ2v) is 4.68. The molecule has 0 spiro atoms. The fourth-order valence-corrected chi connectivity index (χ4v) is 2.09. The van der Waals surface area contributed by atoms with Crippen LogP contribution in [0.1, 0.15) is 0 Å². The van der Waals surface area contributed by atoms with Gasteiger partial charge in [-0.2, -0.15) is 0 Å². The van der Waals surface area contributed by atoms with Crippen LogP contribution in [0.5, 0.6) is 0 Å². The number of carbonyl (C=O) groups excluding carboxylic acids is 2. The minimum atomic E-state index is -1.12. The van der Waals surface area contributed by atoms with Crippen molar-refractivity contribution in [3.8, 4) is 0 Å². The van der Waals surface area contributed by atoms with Crippen molar-refractivity contribution in [3.63, 3.8) is 0 Å². The van der Waals surface area contributed by atoms with Crippen LogP contribution in [0.3, 0.4) is 0 Å². The molecule has 0 radical (unpaired) electrons. The Hall–Kier alpha value is -1.43. The third-order valence-electron chi connectivity index (χ3n) is 2.57. The maximum atomic E-state index is 12.1. The molecule has 1 aromatic carbocycles. The smallest absolute Gasteiger partial charge is 0.281 e. The highest BCUT2D eigenvalue weighted by molar-refractivity contribution is 6.68. The third-order valence-corrected chi connectivity index (χ3v) is 3.21. The number of benzene rings is 1. The monoisotopic (exact) mass is 300 g/mol. The Labute approximate surface area is 119 Å². The van der Waals surface area contributed by atoms with Gasteiger partial charge in [-0.05, 0) is 24.3 Å². The molecule has 2 rings (SSSR count). The molecule has 0 aliphatic carbocycles. The van der Waals surface area contributed by atoms with Crippen molar-refractivity contribution in [1.29, 1.82) is 0 Å². The van der Waals surface area contributed by atoms with E-state index >= 15 is 0 Å². The Morgan fingerprint density at radius 3 is 2.47 bits per heavy atom. The van der Waals surface area contributed by atoms with E-state index in [0.717, 1.165) is 4.90 Å². The fourth-order valence-electron chi connectivity index (χ4n) is 1.71. The number of anilines is 1. The van der Waals surface area contributed by atoms with Crippen LogP contribution < -0.4 is 4.90 Å². The van der Waals surface area contributed by atoms with Crippen molar-refractivity contribution in [3.05, 3.63) is 29.3 Å². The molecular weight excluding hydrogens is 291 g/mol. The highest BCUT2D eigenvalue weighted by atomic mass is 35.5. The summed E-state index contributed by atoms with van der Waals surface area (Å²) < 4.78 is 0. The van der Waals surface area contributed by atoms with Gasteiger partial charge < -0.3 is 5.11 Å². The fraction of sp³-hybridized carbons (Fsp3) is 0.250. The first-order valence-corrected chi connectivity index (χ1v) is 6.31. The van der Waals surface area contributed by atoms with Gasteiger partial charge in [0.15, 0.2) is 5.38 Å². The molecule has 0 aromatic heterocycles. The summed E-state index contributed by atoms with van der Waals surface area (Å²) in [6.07, 6.45) is 0. The summed E-state index contributed by atoms with van der Waals surface area (Å²) in [6, 6.07) is 6.25. The lowest BCUT2D eigenvalue weighted by Gasteiger charge is -2.12. The van der Waals surface area contributed by atoms with Crippen LogP contribution in [0.2, 0.25) is 5.02 Å². The van der Waals surface area contributed by atoms with Gasteiger partial charge in [-0.25, -0.2) is 4.90 Å². The highest BCUT2D eigenvalue weighted by Crippen LogP contribution is 2.25. The van der Waals surface area contributed by atoms with Gasteiger partial charge in [-0.1, -0.05) is 11.6 Å². The molecule has 100 valence electrons. The Morgan fingerprint density at radius 2 is 1.89 bits per heavy atom. The number of halogens is 2. The quantitative estimate of drug-likeness (QED) is 0.675. The Balaban J connectivity index is 2.35. The number of amides is 2. The zero-order valence-corrected chi connectivity index (χ0v) is 11.2. The molecular formula is C12H10Cl2N2O3. The van der Waals surface area contributed by atoms with E-state index in [1.807, 2.05) is 0 Å². The van der Waals surface area contributed by atoms with Gasteiger partial charge in [-0.15, -0.1) is 11.6 Å². The summed E-state index contributed by atoms with van der Waals surface area (Å²) in [6.45, 7) is -0.179. The number of aliphatic hydroxyl groups is 1. The van der Waals surface area contributed by atoms with Gasteiger partial charge >= 0.3 is 0 Å². The summed E-state index contributed by atoms with van der Waals surface area (Å²) in [7, 11) is 0. The van der Waals surface area contributed by atoms with Crippen molar-refractivity contribution in [2.24, 2.45) is 4.99 Å². The molecule has 1 unspecified atom stereocenters. The predicted octanol–water partition coefficient (Wildman–Crippen LogP) is 1.25. The van der Waals surface area contributed by atoms with E-state index in [2.05, 4.69) is 4.99 Å². The second-order valence-electron chi connectivity index (χ2n) is 3.81. The average molecular weight is 301 g/mol. The largest absolute Gasteiger partial charge is 0.394 e. The number of rotatable bonds is 3. The molecule has 1 aromatic rings. The lowest BCUT2D eigenvalue weighted by molar-refractivity contribution is -0.120. The van der Waals surface area contributed by atoms with E-state index in [-0.39, 0.29) is 18.9 Å². The number of carbonyl (C=O) groups is 2. The normalized spacial score (nSPS) is 21.5. The van der Waals surface area contributed by atoms with E-state index in [1.165, 1.54) is 0 Å². The molecule has 19 heavy (non-hydrogen) atoms. The molecule has 1 atom stereocenters. The molecule has 1 aliphatic rings. The molecule has 1 aliphatic heterocycles. The molecule has 0 saturated carbocycles. The summed E-state index contributed by atoms with van der Waals surface area (Å²) >= 11 is 11.6. The van der Waals surface area contributed by atoms with Crippen LogP contribution in [0.4, 0.5) is 5.69 Å². The molecule has 1 fully saturated rings. The van der Waals surface area contributed by atoms with Gasteiger partial charge in [0.25, 0.3) is 11.8 Å². The maximum absolute atomic E-state index is 12.1. The predicted molar refractivity (Wildman–Crippen MR) is 73.0 cm³/mol. The SMILES string of the molecule is O=C1C(=NCCO)C(Cl)C(=O)N1c1ccc(Cl)cc1. The van der Waals surface area contributed by atoms with Crippen LogP contribution in [0.25, 0.3) is 0 Å². The van der Waals surface area contributed by atoms with Crippen molar-refractivity contribution in [2.45, 2.75) is 5.38 Å². The first-order valence-electron chi connectivity index (χ1n) is 5.49. The molecule has 5 nitrogen and oxygen atoms in total. The lowest BCUT2D eigenvalue weighted by Crippen LogP contribution is -2.31. The van der Waals surface area contributed by atoms with Gasteiger partial charge in [-0.3, -0.25) is 14.6 Å². The van der Waals surface area contributed by atoms with Crippen LogP contribution in [0.15, 0.2) is 29.3 Å². The van der Waals surface area contributed by atoms with E-state index in [1.54, 1.807) is 24.3 Å². The van der Waals surface area contributed by atoms with Crippen molar-refractivity contribution in [2.75, 3.05) is 18.1 Å². The van der Waals surface area contributed by atoms with Gasteiger partial charge in [0, 0.05) is 5.02 Å². The number of imide groups is 1. The van der Waals surface area contributed by atoms with Crippen molar-refractivity contribution >= 4 is 46.4 Å². The minimum Gasteiger partial charge on any atom is -0.394 e. The molecule has 1 N–H and O–H groups in total. The van der Waals surface area contributed by atoms with Gasteiger partial charge in [0.2, 0.25) is 0 Å². The highest BCUT2D eigenvalue weighted by Gasteiger charge is 2.44. The summed E-state index contributed by atoms with van der Waals surface area (Å²) in [5, 5.41) is 8.09. The Morgan fingerprint density at radius 1 is 1.26 bits per heavy atom. The van der Waals surface area contributed by atoms with E-state index in [4.69, 9.17) is 28.3 Å². The first-order chi connectivity index (χ1) is 9.06. The van der Waals surface area contributed by atoms with Crippen LogP contribution >= 0.6 is 23.2 Å². The molecule has 7 heteroatoms. The number of alkyl halides is 1. The third kappa shape index (κ3) is 2.63. The number of aliphatic hydroxyl groups excluding tert-OH is 1. The van der Waals surface area contributed by atoms with Gasteiger partial charge in [0.05, 0.1) is 18.8 Å². The van der Waals surface area contributed by atoms with Crippen LogP contribution in [-0.2, 0) is 9.59 Å². The summed E-state index contributed by atoms with van der Waals surface area (Å²) in [5.74, 6) is -1.12. The van der Waals surface area contributed by atoms with Crippen molar-refractivity contribution < 1.29 is 14.7 Å². The molecule has 0 bridgehead atoms. The van der Waals surface area contributed by atoms with Crippen LogP contribution in [-0.4, -0.2) is 41.2 Å². The molecule has 2 amide bonds. The molecule has 1 saturated heterocycles. The van der Waals surface area contributed by atoms with E-state index in [0.29, 0.717) is 10.7 Å². The topological polar surface area (TPSA) is 70.0 Å². The average Bonchev–Trinajstić information content (AvgIpc) is 2.60. The van der Waals surface area contributed by atoms with Crippen LogP contribution in [0, 0.1) is 0 Å². The van der Waals surface area contributed by atoms with Gasteiger partial charge in [0.1, 0.15) is 5.71 Å². The Bertz CT molecular complexity index is 542. The lowest BCUT2D eigenvalue weighted by atomic mass is 10.3. The Kier molecular flexibility index (Phi) is 4.19. The van der Waals surface area contributed by atoms with E-state index in [9.17, 15) is 9.59 Å². The standard InChI is InChI=1S/C12H10Cl2N2O3/c13-7-1-3-8(4-2-7)16-11(18)9(14)10(12(16)19)15-5-6-17/h1-4,9,17H,5-6H2.